The van der Waals surface area contributed by atoms with Gasteiger partial charge in [-0.05, 0) is 48.0 Å². The Labute approximate surface area is 119 Å². The number of carbonyl (C=O) groups excluding carboxylic acids is 2. The van der Waals surface area contributed by atoms with Crippen LogP contribution in [0.2, 0.25) is 0 Å². The van der Waals surface area contributed by atoms with E-state index in [-0.39, 0.29) is 18.6 Å². The normalized spacial score (nSPS) is 10.2. The molecule has 6 nitrogen and oxygen atoms in total. The average Bonchev–Trinajstić information content (AvgIpc) is 2.35. The van der Waals surface area contributed by atoms with Crippen LogP contribution >= 0.6 is 15.9 Å². The van der Waals surface area contributed by atoms with Crippen molar-refractivity contribution in [2.75, 3.05) is 6.61 Å². The molecule has 1 aromatic carbocycles. The molecule has 0 fully saturated rings. The van der Waals surface area contributed by atoms with E-state index >= 15 is 0 Å². The molecule has 0 radical (unpaired) electrons. The first-order valence-corrected chi connectivity index (χ1v) is 6.46. The third-order valence-corrected chi connectivity index (χ3v) is 2.75. The largest absolute Gasteiger partial charge is 0.483 e. The molecule has 0 saturated heterocycles. The lowest BCUT2D eigenvalue weighted by molar-refractivity contribution is -0.123. The summed E-state index contributed by atoms with van der Waals surface area (Å²) in [7, 11) is 0. The molecule has 19 heavy (non-hydrogen) atoms. The van der Waals surface area contributed by atoms with E-state index in [1.165, 1.54) is 0 Å². The molecule has 1 rings (SSSR count). The number of hydrogen-bond donors (Lipinski definition) is 3. The molecule has 0 aliphatic carbocycles. The van der Waals surface area contributed by atoms with E-state index in [0.717, 1.165) is 0 Å². The van der Waals surface area contributed by atoms with Crippen LogP contribution in [-0.2, 0) is 4.79 Å². The van der Waals surface area contributed by atoms with Gasteiger partial charge >= 0.3 is 0 Å². The Balaban J connectivity index is 2.65. The number of hydrazine groups is 1. The maximum absolute atomic E-state index is 11.4. The van der Waals surface area contributed by atoms with Gasteiger partial charge in [0.25, 0.3) is 11.8 Å². The molecule has 0 spiro atoms. The SMILES string of the molecule is CC(C)NC(=O)COc1ccc(C(=O)NN)cc1Br. The summed E-state index contributed by atoms with van der Waals surface area (Å²) in [6.45, 7) is 3.65. The highest BCUT2D eigenvalue weighted by Gasteiger charge is 2.10. The van der Waals surface area contributed by atoms with Crippen molar-refractivity contribution >= 4 is 27.7 Å². The summed E-state index contributed by atoms with van der Waals surface area (Å²) in [5.74, 6) is 4.92. The number of nitrogens with one attached hydrogen (secondary N) is 2. The smallest absolute Gasteiger partial charge is 0.265 e. The fraction of sp³-hybridized carbons (Fsp3) is 0.333. The van der Waals surface area contributed by atoms with E-state index in [4.69, 9.17) is 10.6 Å². The maximum Gasteiger partial charge on any atom is 0.265 e. The summed E-state index contributed by atoms with van der Waals surface area (Å²) in [5, 5.41) is 2.71. The molecule has 104 valence electrons. The van der Waals surface area contributed by atoms with Gasteiger partial charge in [-0.1, -0.05) is 0 Å². The first-order chi connectivity index (χ1) is 8.93. The second-order valence-corrected chi connectivity index (χ2v) is 4.98. The lowest BCUT2D eigenvalue weighted by atomic mass is 10.2. The predicted molar refractivity (Wildman–Crippen MR) is 74.6 cm³/mol. The molecule has 4 N–H and O–H groups in total. The highest BCUT2D eigenvalue weighted by atomic mass is 79.9. The van der Waals surface area contributed by atoms with Crippen molar-refractivity contribution in [3.63, 3.8) is 0 Å². The summed E-state index contributed by atoms with van der Waals surface area (Å²) in [5.41, 5.74) is 2.43. The highest BCUT2D eigenvalue weighted by molar-refractivity contribution is 9.10. The first kappa shape index (κ1) is 15.5. The van der Waals surface area contributed by atoms with Crippen LogP contribution in [-0.4, -0.2) is 24.5 Å². The summed E-state index contributed by atoms with van der Waals surface area (Å²) >= 11 is 3.27. The minimum Gasteiger partial charge on any atom is -0.483 e. The van der Waals surface area contributed by atoms with Crippen LogP contribution in [0.3, 0.4) is 0 Å². The zero-order chi connectivity index (χ0) is 14.4. The Morgan fingerprint density at radius 3 is 2.63 bits per heavy atom. The molecule has 0 atom stereocenters. The number of amides is 2. The van der Waals surface area contributed by atoms with Gasteiger partial charge in [0.15, 0.2) is 6.61 Å². The zero-order valence-corrected chi connectivity index (χ0v) is 12.3. The van der Waals surface area contributed by atoms with Gasteiger partial charge in [0.2, 0.25) is 0 Å². The van der Waals surface area contributed by atoms with Gasteiger partial charge in [-0.2, -0.15) is 0 Å². The van der Waals surface area contributed by atoms with Crippen molar-refractivity contribution in [3.8, 4) is 5.75 Å². The number of nitrogen functional groups attached to an aromatic ring is 1. The number of rotatable bonds is 5. The van der Waals surface area contributed by atoms with Crippen LogP contribution in [0.1, 0.15) is 24.2 Å². The average molecular weight is 330 g/mol. The van der Waals surface area contributed by atoms with Gasteiger partial charge in [0.05, 0.1) is 4.47 Å². The molecule has 0 bridgehead atoms. The minimum atomic E-state index is -0.398. The molecule has 2 amide bonds. The van der Waals surface area contributed by atoms with Crippen LogP contribution in [0.4, 0.5) is 0 Å². The summed E-state index contributed by atoms with van der Waals surface area (Å²) in [6, 6.07) is 4.79. The Hall–Kier alpha value is -1.60. The standard InChI is InChI=1S/C12H16BrN3O3/c1-7(2)15-11(17)6-19-10-4-3-8(5-9(10)13)12(18)16-14/h3-5,7H,6,14H2,1-2H3,(H,15,17)(H,16,18). The number of halogens is 1. The van der Waals surface area contributed by atoms with Gasteiger partial charge in [-0.15, -0.1) is 0 Å². The second kappa shape index (κ2) is 7.10. The molecule has 0 aromatic heterocycles. The third kappa shape index (κ3) is 4.88. The number of benzene rings is 1. The Kier molecular flexibility index (Phi) is 5.78. The van der Waals surface area contributed by atoms with Gasteiger partial charge in [0.1, 0.15) is 5.75 Å². The quantitative estimate of drug-likeness (QED) is 0.426. The van der Waals surface area contributed by atoms with Crippen molar-refractivity contribution in [2.45, 2.75) is 19.9 Å². The van der Waals surface area contributed by atoms with Crippen molar-refractivity contribution in [1.82, 2.24) is 10.7 Å². The van der Waals surface area contributed by atoms with Crippen LogP contribution in [0.5, 0.6) is 5.75 Å². The molecule has 0 heterocycles. The number of carbonyl (C=O) groups is 2. The lowest BCUT2D eigenvalue weighted by Gasteiger charge is -2.11. The third-order valence-electron chi connectivity index (χ3n) is 2.13. The van der Waals surface area contributed by atoms with Crippen molar-refractivity contribution in [1.29, 1.82) is 0 Å². The fourth-order valence-corrected chi connectivity index (χ4v) is 1.84. The summed E-state index contributed by atoms with van der Waals surface area (Å²) in [6.07, 6.45) is 0. The van der Waals surface area contributed by atoms with Crippen molar-refractivity contribution < 1.29 is 14.3 Å². The highest BCUT2D eigenvalue weighted by Crippen LogP contribution is 2.25. The Bertz CT molecular complexity index is 477. The van der Waals surface area contributed by atoms with E-state index < -0.39 is 5.91 Å². The number of ether oxygens (including phenoxy) is 1. The van der Waals surface area contributed by atoms with E-state index in [1.807, 2.05) is 19.3 Å². The molecule has 7 heteroatoms. The van der Waals surface area contributed by atoms with Crippen LogP contribution in [0.25, 0.3) is 0 Å². The molecule has 0 saturated carbocycles. The zero-order valence-electron chi connectivity index (χ0n) is 10.7. The van der Waals surface area contributed by atoms with E-state index in [0.29, 0.717) is 15.8 Å². The van der Waals surface area contributed by atoms with Gasteiger partial charge < -0.3 is 10.1 Å². The second-order valence-electron chi connectivity index (χ2n) is 4.13. The monoisotopic (exact) mass is 329 g/mol. The first-order valence-electron chi connectivity index (χ1n) is 5.66. The van der Waals surface area contributed by atoms with Crippen LogP contribution < -0.4 is 21.3 Å². The molecular formula is C12H16BrN3O3. The number of nitrogens with two attached hydrogens (primary N) is 1. The Morgan fingerprint density at radius 1 is 1.42 bits per heavy atom. The molecule has 0 aliphatic rings. The van der Waals surface area contributed by atoms with Gasteiger partial charge in [0, 0.05) is 11.6 Å². The van der Waals surface area contributed by atoms with Gasteiger partial charge in [-0.3, -0.25) is 15.0 Å². The molecule has 1 aromatic rings. The Morgan fingerprint density at radius 2 is 2.11 bits per heavy atom. The van der Waals surface area contributed by atoms with Crippen LogP contribution in [0.15, 0.2) is 22.7 Å². The van der Waals surface area contributed by atoms with Crippen LogP contribution in [0, 0.1) is 0 Å². The van der Waals surface area contributed by atoms with E-state index in [9.17, 15) is 9.59 Å². The topological polar surface area (TPSA) is 93.4 Å². The number of hydrogen-bond acceptors (Lipinski definition) is 4. The van der Waals surface area contributed by atoms with E-state index in [1.54, 1.807) is 18.2 Å². The molecular weight excluding hydrogens is 314 g/mol. The fourth-order valence-electron chi connectivity index (χ4n) is 1.35. The minimum absolute atomic E-state index is 0.0650. The predicted octanol–water partition coefficient (Wildman–Crippen LogP) is 0.956. The maximum atomic E-state index is 11.4. The van der Waals surface area contributed by atoms with E-state index in [2.05, 4.69) is 21.2 Å². The summed E-state index contributed by atoms with van der Waals surface area (Å²) < 4.78 is 5.92. The van der Waals surface area contributed by atoms with Crippen molar-refractivity contribution in [2.24, 2.45) is 5.84 Å². The lowest BCUT2D eigenvalue weighted by Crippen LogP contribution is -2.34. The molecule has 0 aliphatic heterocycles. The summed E-state index contributed by atoms with van der Waals surface area (Å²) in [4.78, 5) is 22.7. The van der Waals surface area contributed by atoms with Crippen molar-refractivity contribution in [3.05, 3.63) is 28.2 Å². The van der Waals surface area contributed by atoms with Gasteiger partial charge in [-0.25, -0.2) is 5.84 Å². The molecule has 0 unspecified atom stereocenters.